The second-order valence-corrected chi connectivity index (χ2v) is 9.15. The van der Waals surface area contributed by atoms with Gasteiger partial charge in [-0.25, -0.2) is 9.37 Å². The van der Waals surface area contributed by atoms with Gasteiger partial charge in [0.1, 0.15) is 11.6 Å². The van der Waals surface area contributed by atoms with Crippen LogP contribution in [0.15, 0.2) is 36.4 Å². The standard InChI is InChI=1S/C24H26ClF4N5/c1-34(2)22-16-5-3-4-6-20(16)32-23(33-22)31-15-9-7-14(8-10-15)30-13-17-18(24(27,28)29)11-12-19(25)21(17)26/h3-6,11-12,14-15,30H,7-10,13H2,1-2H3,(H,31,32,33). The van der Waals surface area contributed by atoms with Crippen molar-refractivity contribution in [1.29, 1.82) is 0 Å². The summed E-state index contributed by atoms with van der Waals surface area (Å²) in [5, 5.41) is 7.15. The van der Waals surface area contributed by atoms with E-state index in [2.05, 4.69) is 20.6 Å². The lowest BCUT2D eigenvalue weighted by Gasteiger charge is -2.30. The van der Waals surface area contributed by atoms with Gasteiger partial charge >= 0.3 is 6.18 Å². The lowest BCUT2D eigenvalue weighted by Crippen LogP contribution is -2.37. The Bertz CT molecular complexity index is 1160. The minimum absolute atomic E-state index is 0.0210. The van der Waals surface area contributed by atoms with E-state index in [1.165, 1.54) is 0 Å². The van der Waals surface area contributed by atoms with Crippen LogP contribution in [-0.2, 0) is 12.7 Å². The molecule has 2 aromatic carbocycles. The summed E-state index contributed by atoms with van der Waals surface area (Å²) in [6.45, 7) is -0.232. The number of aromatic nitrogens is 2. The Morgan fingerprint density at radius 1 is 1.00 bits per heavy atom. The smallest absolute Gasteiger partial charge is 0.362 e. The van der Waals surface area contributed by atoms with E-state index in [9.17, 15) is 17.6 Å². The van der Waals surface area contributed by atoms with Gasteiger partial charge in [0.2, 0.25) is 5.95 Å². The van der Waals surface area contributed by atoms with Crippen LogP contribution in [0.2, 0.25) is 5.02 Å². The van der Waals surface area contributed by atoms with E-state index < -0.39 is 23.1 Å². The van der Waals surface area contributed by atoms with E-state index >= 15 is 0 Å². The van der Waals surface area contributed by atoms with Crippen LogP contribution in [0.3, 0.4) is 0 Å². The van der Waals surface area contributed by atoms with Crippen molar-refractivity contribution in [2.45, 2.75) is 50.5 Å². The first-order valence-corrected chi connectivity index (χ1v) is 11.5. The quantitative estimate of drug-likeness (QED) is 0.409. The predicted octanol–water partition coefficient (Wildman–Crippen LogP) is 6.02. The van der Waals surface area contributed by atoms with Gasteiger partial charge in [0.25, 0.3) is 0 Å². The summed E-state index contributed by atoms with van der Waals surface area (Å²) >= 11 is 5.73. The molecule has 1 aliphatic carbocycles. The molecular weight excluding hydrogens is 470 g/mol. The van der Waals surface area contributed by atoms with Crippen molar-refractivity contribution < 1.29 is 17.6 Å². The summed E-state index contributed by atoms with van der Waals surface area (Å²) in [4.78, 5) is 11.2. The minimum atomic E-state index is -4.64. The molecule has 4 rings (SSSR count). The van der Waals surface area contributed by atoms with Crippen LogP contribution in [0.1, 0.15) is 36.8 Å². The van der Waals surface area contributed by atoms with E-state index in [1.807, 2.05) is 43.3 Å². The van der Waals surface area contributed by atoms with Crippen molar-refractivity contribution in [2.75, 3.05) is 24.3 Å². The Labute approximate surface area is 200 Å². The van der Waals surface area contributed by atoms with Crippen molar-refractivity contribution >= 4 is 34.3 Å². The lowest BCUT2D eigenvalue weighted by atomic mass is 9.91. The molecule has 1 fully saturated rings. The van der Waals surface area contributed by atoms with E-state index in [1.54, 1.807) is 0 Å². The molecule has 182 valence electrons. The summed E-state index contributed by atoms with van der Waals surface area (Å²) in [6.07, 6.45) is -1.61. The number of hydrogen-bond donors (Lipinski definition) is 2. The molecule has 10 heteroatoms. The molecule has 1 aliphatic rings. The van der Waals surface area contributed by atoms with Crippen LogP contribution in [0.25, 0.3) is 10.9 Å². The van der Waals surface area contributed by atoms with E-state index in [-0.39, 0.29) is 23.7 Å². The first-order chi connectivity index (χ1) is 16.1. The summed E-state index contributed by atoms with van der Waals surface area (Å²) < 4.78 is 54.2. The number of fused-ring (bicyclic) bond motifs is 1. The van der Waals surface area contributed by atoms with Crippen molar-refractivity contribution in [3.05, 3.63) is 58.4 Å². The molecule has 0 unspecified atom stereocenters. The lowest BCUT2D eigenvalue weighted by molar-refractivity contribution is -0.138. The molecule has 34 heavy (non-hydrogen) atoms. The van der Waals surface area contributed by atoms with Gasteiger partial charge in [0.05, 0.1) is 16.1 Å². The molecular formula is C24H26ClF4N5. The number of rotatable bonds is 6. The van der Waals surface area contributed by atoms with Crippen LogP contribution in [-0.4, -0.2) is 36.1 Å². The molecule has 0 saturated heterocycles. The van der Waals surface area contributed by atoms with Crippen LogP contribution >= 0.6 is 11.6 Å². The van der Waals surface area contributed by atoms with Gasteiger partial charge in [-0.15, -0.1) is 0 Å². The fourth-order valence-corrected chi connectivity index (χ4v) is 4.54. The van der Waals surface area contributed by atoms with Crippen molar-refractivity contribution in [3.63, 3.8) is 0 Å². The molecule has 5 nitrogen and oxygen atoms in total. The molecule has 0 amide bonds. The third-order valence-corrected chi connectivity index (χ3v) is 6.43. The van der Waals surface area contributed by atoms with Crippen LogP contribution in [0.5, 0.6) is 0 Å². The topological polar surface area (TPSA) is 53.1 Å². The fraction of sp³-hybridized carbons (Fsp3) is 0.417. The molecule has 1 saturated carbocycles. The van der Waals surface area contributed by atoms with E-state index in [0.29, 0.717) is 5.95 Å². The first kappa shape index (κ1) is 24.5. The third kappa shape index (κ3) is 5.36. The number of hydrogen-bond acceptors (Lipinski definition) is 5. The molecule has 2 N–H and O–H groups in total. The van der Waals surface area contributed by atoms with Gasteiger partial charge in [-0.3, -0.25) is 0 Å². The molecule has 0 radical (unpaired) electrons. The molecule has 0 spiro atoms. The Hall–Kier alpha value is -2.65. The number of para-hydroxylation sites is 1. The average molecular weight is 496 g/mol. The Morgan fingerprint density at radius 3 is 2.35 bits per heavy atom. The highest BCUT2D eigenvalue weighted by molar-refractivity contribution is 6.30. The average Bonchev–Trinajstić information content (AvgIpc) is 2.79. The van der Waals surface area contributed by atoms with Gasteiger partial charge in [-0.2, -0.15) is 18.2 Å². The highest BCUT2D eigenvalue weighted by atomic mass is 35.5. The summed E-state index contributed by atoms with van der Waals surface area (Å²) in [7, 11) is 3.87. The summed E-state index contributed by atoms with van der Waals surface area (Å²) in [6, 6.07) is 9.70. The van der Waals surface area contributed by atoms with Crippen LogP contribution in [0.4, 0.5) is 29.3 Å². The van der Waals surface area contributed by atoms with Gasteiger partial charge < -0.3 is 15.5 Å². The maximum absolute atomic E-state index is 14.4. The molecule has 0 aliphatic heterocycles. The molecule has 1 heterocycles. The Morgan fingerprint density at radius 2 is 1.68 bits per heavy atom. The zero-order valence-electron chi connectivity index (χ0n) is 18.9. The minimum Gasteiger partial charge on any atom is -0.362 e. The summed E-state index contributed by atoms with van der Waals surface area (Å²) in [5.74, 6) is 0.353. The Kier molecular flexibility index (Phi) is 7.14. The third-order valence-electron chi connectivity index (χ3n) is 6.14. The first-order valence-electron chi connectivity index (χ1n) is 11.1. The van der Waals surface area contributed by atoms with Crippen molar-refractivity contribution in [1.82, 2.24) is 15.3 Å². The zero-order valence-corrected chi connectivity index (χ0v) is 19.6. The second-order valence-electron chi connectivity index (χ2n) is 8.74. The maximum Gasteiger partial charge on any atom is 0.416 e. The molecule has 0 bridgehead atoms. The number of nitrogens with one attached hydrogen (secondary N) is 2. The highest BCUT2D eigenvalue weighted by Gasteiger charge is 2.35. The van der Waals surface area contributed by atoms with Crippen LogP contribution in [0, 0.1) is 5.82 Å². The monoisotopic (exact) mass is 495 g/mol. The fourth-order valence-electron chi connectivity index (χ4n) is 4.37. The number of anilines is 2. The van der Waals surface area contributed by atoms with E-state index in [0.717, 1.165) is 54.5 Å². The van der Waals surface area contributed by atoms with Crippen LogP contribution < -0.4 is 15.5 Å². The molecule has 0 atom stereocenters. The molecule has 1 aromatic heterocycles. The van der Waals surface area contributed by atoms with Crippen molar-refractivity contribution in [3.8, 4) is 0 Å². The van der Waals surface area contributed by atoms with Crippen molar-refractivity contribution in [2.24, 2.45) is 0 Å². The van der Waals surface area contributed by atoms with Gasteiger partial charge in [-0.1, -0.05) is 23.7 Å². The number of nitrogens with zero attached hydrogens (tertiary/aromatic N) is 3. The number of alkyl halides is 3. The highest BCUT2D eigenvalue weighted by Crippen LogP contribution is 2.35. The van der Waals surface area contributed by atoms with Gasteiger partial charge in [0, 0.05) is 43.7 Å². The Balaban J connectivity index is 1.38. The zero-order chi connectivity index (χ0) is 24.5. The second kappa shape index (κ2) is 9.92. The summed E-state index contributed by atoms with van der Waals surface area (Å²) in [5.41, 5.74) is -0.591. The maximum atomic E-state index is 14.4. The number of halogens is 5. The van der Waals surface area contributed by atoms with Gasteiger partial charge in [0.15, 0.2) is 0 Å². The van der Waals surface area contributed by atoms with Gasteiger partial charge in [-0.05, 0) is 49.9 Å². The number of benzene rings is 2. The normalized spacial score (nSPS) is 18.8. The predicted molar refractivity (Wildman–Crippen MR) is 127 cm³/mol. The largest absolute Gasteiger partial charge is 0.416 e. The SMILES string of the molecule is CN(C)c1nc(NC2CCC(NCc3c(C(F)(F)F)ccc(Cl)c3F)CC2)nc2ccccc12. The molecule has 3 aromatic rings. The van der Waals surface area contributed by atoms with E-state index in [4.69, 9.17) is 11.6 Å².